The van der Waals surface area contributed by atoms with Crippen molar-refractivity contribution in [1.29, 1.82) is 0 Å². The highest BCUT2D eigenvalue weighted by Gasteiger charge is 2.32. The van der Waals surface area contributed by atoms with Gasteiger partial charge in [0.1, 0.15) is 0 Å². The van der Waals surface area contributed by atoms with E-state index < -0.39 is 0 Å². The molecule has 26 heavy (non-hydrogen) atoms. The number of carbonyl (C=O) groups excluding carboxylic acids is 1. The summed E-state index contributed by atoms with van der Waals surface area (Å²) < 4.78 is 0. The number of allylic oxidation sites excluding steroid dienone is 1. The van der Waals surface area contributed by atoms with Crippen molar-refractivity contribution in [3.63, 3.8) is 0 Å². The zero-order valence-electron chi connectivity index (χ0n) is 15.0. The highest BCUT2D eigenvalue weighted by molar-refractivity contribution is 5.97. The van der Waals surface area contributed by atoms with Gasteiger partial charge in [0.15, 0.2) is 0 Å². The van der Waals surface area contributed by atoms with Crippen LogP contribution in [-0.2, 0) is 0 Å². The number of benzene rings is 3. The van der Waals surface area contributed by atoms with Crippen LogP contribution < -0.4 is 0 Å². The van der Waals surface area contributed by atoms with Gasteiger partial charge in [-0.05, 0) is 48.7 Å². The van der Waals surface area contributed by atoms with Gasteiger partial charge in [0.05, 0.1) is 6.04 Å². The summed E-state index contributed by atoms with van der Waals surface area (Å²) in [6.45, 7) is 4.04. The number of aryl methyl sites for hydroxylation is 1. The van der Waals surface area contributed by atoms with Gasteiger partial charge >= 0.3 is 0 Å². The van der Waals surface area contributed by atoms with Crippen LogP contribution in [0.5, 0.6) is 0 Å². The largest absolute Gasteiger partial charge is 0.301 e. The molecule has 0 aliphatic carbocycles. The minimum atomic E-state index is -0.119. The summed E-state index contributed by atoms with van der Waals surface area (Å²) in [7, 11) is 0. The Morgan fingerprint density at radius 2 is 1.46 bits per heavy atom. The SMILES string of the molecule is CC1=Cc2ccccc2C(c2ccccc2)N1C(=O)c1ccc(C)cc1. The molecule has 0 N–H and O–H groups in total. The predicted molar refractivity (Wildman–Crippen MR) is 106 cm³/mol. The molecule has 2 heteroatoms. The molecule has 4 rings (SSSR count). The minimum absolute atomic E-state index is 0.0297. The molecule has 1 aliphatic heterocycles. The molecule has 3 aromatic carbocycles. The first-order chi connectivity index (χ1) is 12.6. The van der Waals surface area contributed by atoms with Crippen molar-refractivity contribution in [1.82, 2.24) is 4.90 Å². The van der Waals surface area contributed by atoms with Crippen LogP contribution in [0.2, 0.25) is 0 Å². The zero-order chi connectivity index (χ0) is 18.1. The van der Waals surface area contributed by atoms with E-state index in [0.29, 0.717) is 5.56 Å². The fraction of sp³-hybridized carbons (Fsp3) is 0.125. The Kier molecular flexibility index (Phi) is 4.18. The van der Waals surface area contributed by atoms with Crippen LogP contribution in [-0.4, -0.2) is 10.8 Å². The molecule has 0 radical (unpaired) electrons. The molecule has 128 valence electrons. The Balaban J connectivity index is 1.86. The number of hydrogen-bond donors (Lipinski definition) is 0. The molecule has 2 nitrogen and oxygen atoms in total. The molecule has 1 amide bonds. The van der Waals surface area contributed by atoms with E-state index in [1.54, 1.807) is 0 Å². The third-order valence-electron chi connectivity index (χ3n) is 4.93. The summed E-state index contributed by atoms with van der Waals surface area (Å²) >= 11 is 0. The first-order valence-electron chi connectivity index (χ1n) is 8.87. The van der Waals surface area contributed by atoms with Crippen LogP contribution in [0.4, 0.5) is 0 Å². The number of hydrogen-bond acceptors (Lipinski definition) is 1. The molecule has 0 fully saturated rings. The summed E-state index contributed by atoms with van der Waals surface area (Å²) in [5, 5.41) is 0. The van der Waals surface area contributed by atoms with Gasteiger partial charge in [0.25, 0.3) is 5.91 Å². The van der Waals surface area contributed by atoms with Crippen molar-refractivity contribution in [2.45, 2.75) is 19.9 Å². The Morgan fingerprint density at radius 3 is 2.19 bits per heavy atom. The summed E-state index contributed by atoms with van der Waals surface area (Å²) in [6, 6.07) is 26.2. The van der Waals surface area contributed by atoms with Crippen molar-refractivity contribution >= 4 is 12.0 Å². The number of nitrogens with zero attached hydrogens (tertiary/aromatic N) is 1. The third kappa shape index (κ3) is 2.84. The average molecular weight is 339 g/mol. The fourth-order valence-electron chi connectivity index (χ4n) is 3.61. The van der Waals surface area contributed by atoms with E-state index in [1.165, 1.54) is 5.56 Å². The van der Waals surface area contributed by atoms with E-state index in [2.05, 4.69) is 30.3 Å². The lowest BCUT2D eigenvalue weighted by Crippen LogP contribution is -2.36. The molecular weight excluding hydrogens is 318 g/mol. The topological polar surface area (TPSA) is 20.3 Å². The third-order valence-corrected chi connectivity index (χ3v) is 4.93. The normalized spacial score (nSPS) is 16.0. The second-order valence-electron chi connectivity index (χ2n) is 6.77. The smallest absolute Gasteiger partial charge is 0.258 e. The van der Waals surface area contributed by atoms with Crippen LogP contribution in [0.1, 0.15) is 45.6 Å². The van der Waals surface area contributed by atoms with E-state index in [-0.39, 0.29) is 11.9 Å². The van der Waals surface area contributed by atoms with Gasteiger partial charge in [-0.15, -0.1) is 0 Å². The average Bonchev–Trinajstić information content (AvgIpc) is 2.67. The molecule has 3 aromatic rings. The van der Waals surface area contributed by atoms with Gasteiger partial charge in [-0.25, -0.2) is 0 Å². The van der Waals surface area contributed by atoms with Gasteiger partial charge in [-0.3, -0.25) is 4.79 Å². The minimum Gasteiger partial charge on any atom is -0.301 e. The summed E-state index contributed by atoms with van der Waals surface area (Å²) in [5.41, 5.74) is 6.27. The van der Waals surface area contributed by atoms with Crippen molar-refractivity contribution in [3.05, 3.63) is 112 Å². The van der Waals surface area contributed by atoms with Gasteiger partial charge in [-0.1, -0.05) is 72.3 Å². The van der Waals surface area contributed by atoms with Crippen molar-refractivity contribution in [3.8, 4) is 0 Å². The second kappa shape index (κ2) is 6.64. The molecule has 0 spiro atoms. The second-order valence-corrected chi connectivity index (χ2v) is 6.77. The molecule has 0 saturated carbocycles. The van der Waals surface area contributed by atoms with E-state index in [4.69, 9.17) is 0 Å². The van der Waals surface area contributed by atoms with Crippen LogP contribution in [0, 0.1) is 6.92 Å². The molecule has 0 bridgehead atoms. The van der Waals surface area contributed by atoms with E-state index in [9.17, 15) is 4.79 Å². The fourth-order valence-corrected chi connectivity index (χ4v) is 3.61. The molecule has 1 unspecified atom stereocenters. The monoisotopic (exact) mass is 339 g/mol. The number of amides is 1. The standard InChI is InChI=1S/C24H21NO/c1-17-12-14-20(15-13-17)24(26)25-18(2)16-21-10-6-7-11-22(21)23(25)19-8-4-3-5-9-19/h3-16,23H,1-2H3. The number of carbonyl (C=O) groups is 1. The Morgan fingerprint density at radius 1 is 0.808 bits per heavy atom. The predicted octanol–water partition coefficient (Wildman–Crippen LogP) is 5.60. The van der Waals surface area contributed by atoms with E-state index in [1.807, 2.05) is 73.3 Å². The number of fused-ring (bicyclic) bond motifs is 1. The Hall–Kier alpha value is -3.13. The Bertz CT molecular complexity index is 971. The zero-order valence-corrected chi connectivity index (χ0v) is 15.0. The van der Waals surface area contributed by atoms with Gasteiger partial charge < -0.3 is 4.90 Å². The van der Waals surface area contributed by atoms with Crippen molar-refractivity contribution < 1.29 is 4.79 Å². The van der Waals surface area contributed by atoms with Crippen LogP contribution in [0.3, 0.4) is 0 Å². The lowest BCUT2D eigenvalue weighted by atomic mass is 9.88. The number of rotatable bonds is 2. The first kappa shape index (κ1) is 16.3. The molecule has 0 aromatic heterocycles. The van der Waals surface area contributed by atoms with E-state index >= 15 is 0 Å². The molecule has 1 aliphatic rings. The maximum Gasteiger partial charge on any atom is 0.258 e. The van der Waals surface area contributed by atoms with Gasteiger partial charge in [0.2, 0.25) is 0 Å². The van der Waals surface area contributed by atoms with Gasteiger partial charge in [-0.2, -0.15) is 0 Å². The van der Waals surface area contributed by atoms with Crippen LogP contribution >= 0.6 is 0 Å². The van der Waals surface area contributed by atoms with Crippen molar-refractivity contribution in [2.75, 3.05) is 0 Å². The quantitative estimate of drug-likeness (QED) is 0.595. The molecular formula is C24H21NO. The Labute approximate surface area is 154 Å². The molecule has 0 saturated heterocycles. The van der Waals surface area contributed by atoms with Crippen molar-refractivity contribution in [2.24, 2.45) is 0 Å². The maximum atomic E-state index is 13.4. The van der Waals surface area contributed by atoms with Crippen LogP contribution in [0.15, 0.2) is 84.6 Å². The van der Waals surface area contributed by atoms with E-state index in [0.717, 1.165) is 22.4 Å². The molecule has 1 heterocycles. The van der Waals surface area contributed by atoms with Gasteiger partial charge in [0, 0.05) is 11.3 Å². The summed E-state index contributed by atoms with van der Waals surface area (Å²) in [6.07, 6.45) is 2.10. The molecule has 1 atom stereocenters. The summed E-state index contributed by atoms with van der Waals surface area (Å²) in [4.78, 5) is 15.3. The maximum absolute atomic E-state index is 13.4. The lowest BCUT2D eigenvalue weighted by Gasteiger charge is -2.37. The lowest BCUT2D eigenvalue weighted by molar-refractivity contribution is 0.0767. The highest BCUT2D eigenvalue weighted by atomic mass is 16.2. The van der Waals surface area contributed by atoms with Crippen LogP contribution in [0.25, 0.3) is 6.08 Å². The highest BCUT2D eigenvalue weighted by Crippen LogP contribution is 2.39. The summed E-state index contributed by atoms with van der Waals surface area (Å²) in [5.74, 6) is 0.0297. The first-order valence-corrected chi connectivity index (χ1v) is 8.87.